The molecule has 1 aromatic heterocycles. The summed E-state index contributed by atoms with van der Waals surface area (Å²) in [5.74, 6) is -0.494. The van der Waals surface area contributed by atoms with Gasteiger partial charge in [0.15, 0.2) is 6.10 Å². The van der Waals surface area contributed by atoms with Crippen LogP contribution in [0.25, 0.3) is 0 Å². The number of para-hydroxylation sites is 1. The van der Waals surface area contributed by atoms with E-state index < -0.39 is 12.0 Å². The summed E-state index contributed by atoms with van der Waals surface area (Å²) in [6, 6.07) is 20.4. The minimum atomic E-state index is -1.25. The van der Waals surface area contributed by atoms with Crippen molar-refractivity contribution in [1.82, 2.24) is 4.98 Å². The highest BCUT2D eigenvalue weighted by atomic mass is 16.3. The standard InChI is InChI=1S/C19H17N3O2/c23-18(14-5-4-12-20-13-14)19(24)22-17-10-8-16(9-11-17)21-15-6-2-1-3-7-15/h1-13,18,21,23H,(H,22,24)/t18-/m1/s1. The molecule has 120 valence electrons. The van der Waals surface area contributed by atoms with Crippen LogP contribution >= 0.6 is 0 Å². The first kappa shape index (κ1) is 15.7. The molecule has 0 saturated carbocycles. The molecule has 24 heavy (non-hydrogen) atoms. The van der Waals surface area contributed by atoms with Gasteiger partial charge in [0, 0.05) is 35.0 Å². The maximum absolute atomic E-state index is 12.1. The largest absolute Gasteiger partial charge is 0.378 e. The van der Waals surface area contributed by atoms with E-state index in [0.717, 1.165) is 11.4 Å². The van der Waals surface area contributed by atoms with E-state index in [0.29, 0.717) is 11.3 Å². The number of hydrogen-bond acceptors (Lipinski definition) is 4. The number of nitrogens with zero attached hydrogens (tertiary/aromatic N) is 1. The van der Waals surface area contributed by atoms with Gasteiger partial charge < -0.3 is 15.7 Å². The summed E-state index contributed by atoms with van der Waals surface area (Å²) in [5, 5.41) is 16.0. The van der Waals surface area contributed by atoms with Crippen LogP contribution in [0.5, 0.6) is 0 Å². The Balaban J connectivity index is 1.62. The third-order valence-corrected chi connectivity index (χ3v) is 3.46. The zero-order valence-electron chi connectivity index (χ0n) is 12.9. The van der Waals surface area contributed by atoms with E-state index in [9.17, 15) is 9.90 Å². The van der Waals surface area contributed by atoms with E-state index in [4.69, 9.17) is 0 Å². The van der Waals surface area contributed by atoms with Crippen LogP contribution in [-0.4, -0.2) is 16.0 Å². The first-order valence-corrected chi connectivity index (χ1v) is 7.53. The molecule has 0 aliphatic rings. The summed E-state index contributed by atoms with van der Waals surface area (Å²) in [4.78, 5) is 16.0. The summed E-state index contributed by atoms with van der Waals surface area (Å²) in [6.45, 7) is 0. The summed E-state index contributed by atoms with van der Waals surface area (Å²) in [5.41, 5.74) is 2.97. The third-order valence-electron chi connectivity index (χ3n) is 3.46. The number of nitrogens with one attached hydrogen (secondary N) is 2. The molecule has 0 saturated heterocycles. The molecular formula is C19H17N3O2. The van der Waals surface area contributed by atoms with Crippen LogP contribution in [-0.2, 0) is 4.79 Å². The zero-order valence-corrected chi connectivity index (χ0v) is 12.9. The molecule has 3 aromatic rings. The Bertz CT molecular complexity index is 790. The molecule has 2 aromatic carbocycles. The second kappa shape index (κ2) is 7.39. The highest BCUT2D eigenvalue weighted by Gasteiger charge is 2.17. The number of carbonyl (C=O) groups excluding carboxylic acids is 1. The maximum Gasteiger partial charge on any atom is 0.257 e. The van der Waals surface area contributed by atoms with Crippen molar-refractivity contribution in [2.75, 3.05) is 10.6 Å². The molecular weight excluding hydrogens is 302 g/mol. The van der Waals surface area contributed by atoms with Gasteiger partial charge in [0.1, 0.15) is 0 Å². The van der Waals surface area contributed by atoms with Crippen LogP contribution in [0.3, 0.4) is 0 Å². The first-order chi connectivity index (χ1) is 11.7. The Morgan fingerprint density at radius 2 is 1.54 bits per heavy atom. The number of amides is 1. The lowest BCUT2D eigenvalue weighted by atomic mass is 10.1. The molecule has 0 unspecified atom stereocenters. The number of benzene rings is 2. The van der Waals surface area contributed by atoms with Gasteiger partial charge in [0.25, 0.3) is 5.91 Å². The molecule has 0 fully saturated rings. The number of aliphatic hydroxyl groups excluding tert-OH is 1. The number of hydrogen-bond donors (Lipinski definition) is 3. The van der Waals surface area contributed by atoms with Crippen LogP contribution in [0.15, 0.2) is 79.1 Å². The van der Waals surface area contributed by atoms with Gasteiger partial charge in [-0.3, -0.25) is 9.78 Å². The molecule has 3 rings (SSSR count). The van der Waals surface area contributed by atoms with Gasteiger partial charge in [-0.25, -0.2) is 0 Å². The maximum atomic E-state index is 12.1. The second-order valence-corrected chi connectivity index (χ2v) is 5.25. The lowest BCUT2D eigenvalue weighted by molar-refractivity contribution is -0.124. The van der Waals surface area contributed by atoms with Crippen molar-refractivity contribution in [2.24, 2.45) is 0 Å². The van der Waals surface area contributed by atoms with E-state index in [1.165, 1.54) is 6.20 Å². The fourth-order valence-corrected chi connectivity index (χ4v) is 2.22. The van der Waals surface area contributed by atoms with Crippen molar-refractivity contribution in [3.63, 3.8) is 0 Å². The van der Waals surface area contributed by atoms with Crippen LogP contribution in [0.4, 0.5) is 17.1 Å². The van der Waals surface area contributed by atoms with Gasteiger partial charge in [-0.15, -0.1) is 0 Å². The number of pyridine rings is 1. The van der Waals surface area contributed by atoms with E-state index in [-0.39, 0.29) is 0 Å². The number of rotatable bonds is 5. The molecule has 0 bridgehead atoms. The smallest absolute Gasteiger partial charge is 0.257 e. The van der Waals surface area contributed by atoms with Gasteiger partial charge in [-0.05, 0) is 42.5 Å². The molecule has 0 aliphatic carbocycles. The van der Waals surface area contributed by atoms with Gasteiger partial charge in [-0.1, -0.05) is 24.3 Å². The van der Waals surface area contributed by atoms with Gasteiger partial charge in [-0.2, -0.15) is 0 Å². The minimum absolute atomic E-state index is 0.456. The van der Waals surface area contributed by atoms with E-state index in [2.05, 4.69) is 15.6 Å². The van der Waals surface area contributed by atoms with Crippen molar-refractivity contribution < 1.29 is 9.90 Å². The highest BCUT2D eigenvalue weighted by Crippen LogP contribution is 2.20. The Hall–Kier alpha value is -3.18. The lowest BCUT2D eigenvalue weighted by Gasteiger charge is -2.12. The quantitative estimate of drug-likeness (QED) is 0.673. The summed E-state index contributed by atoms with van der Waals surface area (Å²) in [6.07, 6.45) is 1.81. The number of aromatic nitrogens is 1. The van der Waals surface area contributed by atoms with Crippen LogP contribution in [0.1, 0.15) is 11.7 Å². The van der Waals surface area contributed by atoms with Crippen LogP contribution in [0, 0.1) is 0 Å². The summed E-state index contributed by atoms with van der Waals surface area (Å²) < 4.78 is 0. The number of aliphatic hydroxyl groups is 1. The fraction of sp³-hybridized carbons (Fsp3) is 0.0526. The molecule has 0 radical (unpaired) electrons. The molecule has 0 spiro atoms. The first-order valence-electron chi connectivity index (χ1n) is 7.53. The van der Waals surface area contributed by atoms with Gasteiger partial charge in [0.2, 0.25) is 0 Å². The SMILES string of the molecule is O=C(Nc1ccc(Nc2ccccc2)cc1)[C@H](O)c1cccnc1. The number of carbonyl (C=O) groups is 1. The van der Waals surface area contributed by atoms with Crippen molar-refractivity contribution >= 4 is 23.0 Å². The monoisotopic (exact) mass is 319 g/mol. The van der Waals surface area contributed by atoms with Crippen molar-refractivity contribution in [3.8, 4) is 0 Å². The lowest BCUT2D eigenvalue weighted by Crippen LogP contribution is -2.20. The topological polar surface area (TPSA) is 74.2 Å². The predicted octanol–water partition coefficient (Wildman–Crippen LogP) is 3.50. The van der Waals surface area contributed by atoms with E-state index >= 15 is 0 Å². The fourth-order valence-electron chi connectivity index (χ4n) is 2.22. The summed E-state index contributed by atoms with van der Waals surface area (Å²) >= 11 is 0. The van der Waals surface area contributed by atoms with Crippen molar-refractivity contribution in [3.05, 3.63) is 84.7 Å². The summed E-state index contributed by atoms with van der Waals surface area (Å²) in [7, 11) is 0. The highest BCUT2D eigenvalue weighted by molar-refractivity contribution is 5.94. The van der Waals surface area contributed by atoms with Gasteiger partial charge in [0.05, 0.1) is 0 Å². The van der Waals surface area contributed by atoms with Crippen LogP contribution < -0.4 is 10.6 Å². The average Bonchev–Trinajstić information content (AvgIpc) is 2.64. The second-order valence-electron chi connectivity index (χ2n) is 5.25. The molecule has 1 atom stereocenters. The molecule has 0 aliphatic heterocycles. The average molecular weight is 319 g/mol. The zero-order chi connectivity index (χ0) is 16.8. The minimum Gasteiger partial charge on any atom is -0.378 e. The Morgan fingerprint density at radius 3 is 2.21 bits per heavy atom. The van der Waals surface area contributed by atoms with Crippen LogP contribution in [0.2, 0.25) is 0 Å². The normalized spacial score (nSPS) is 11.5. The van der Waals surface area contributed by atoms with E-state index in [1.54, 1.807) is 30.5 Å². The predicted molar refractivity (Wildman–Crippen MR) is 94.0 cm³/mol. The van der Waals surface area contributed by atoms with E-state index in [1.807, 2.05) is 42.5 Å². The third kappa shape index (κ3) is 3.97. The Labute approximate surface area is 140 Å². The Kier molecular flexibility index (Phi) is 4.84. The molecule has 1 amide bonds. The van der Waals surface area contributed by atoms with Crippen molar-refractivity contribution in [1.29, 1.82) is 0 Å². The molecule has 5 nitrogen and oxygen atoms in total. The number of anilines is 3. The molecule has 5 heteroatoms. The van der Waals surface area contributed by atoms with Gasteiger partial charge >= 0.3 is 0 Å². The Morgan fingerprint density at radius 1 is 0.875 bits per heavy atom. The molecule has 1 heterocycles. The van der Waals surface area contributed by atoms with Crippen molar-refractivity contribution in [2.45, 2.75) is 6.10 Å². The molecule has 3 N–H and O–H groups in total.